The Kier molecular flexibility index (Phi) is 4.56. The second-order valence-electron chi connectivity index (χ2n) is 6.96. The highest BCUT2D eigenvalue weighted by molar-refractivity contribution is 5.91. The van der Waals surface area contributed by atoms with Crippen LogP contribution in [-0.2, 0) is 11.2 Å². The van der Waals surface area contributed by atoms with E-state index in [-0.39, 0.29) is 5.91 Å². The van der Waals surface area contributed by atoms with Crippen molar-refractivity contribution < 1.29 is 4.79 Å². The van der Waals surface area contributed by atoms with E-state index in [0.717, 1.165) is 60.7 Å². The van der Waals surface area contributed by atoms with Gasteiger partial charge in [0.2, 0.25) is 5.91 Å². The van der Waals surface area contributed by atoms with E-state index in [1.807, 2.05) is 30.0 Å². The van der Waals surface area contributed by atoms with E-state index in [2.05, 4.69) is 26.0 Å². The lowest BCUT2D eigenvalue weighted by Crippen LogP contribution is -2.38. The number of H-pyrrole nitrogens is 2. The van der Waals surface area contributed by atoms with E-state index in [4.69, 9.17) is 0 Å². The number of piperidine rings is 1. The molecule has 0 spiro atoms. The molecule has 26 heavy (non-hydrogen) atoms. The van der Waals surface area contributed by atoms with Crippen LogP contribution in [0, 0.1) is 12.8 Å². The summed E-state index contributed by atoms with van der Waals surface area (Å²) in [5, 5.41) is 0. The van der Waals surface area contributed by atoms with Crippen LogP contribution in [0.1, 0.15) is 30.2 Å². The van der Waals surface area contributed by atoms with Gasteiger partial charge in [-0.2, -0.15) is 0 Å². The van der Waals surface area contributed by atoms with Crippen LogP contribution in [0.3, 0.4) is 0 Å². The number of carbonyl (C=O) groups excluding carboxylic acids is 1. The molecule has 1 aliphatic rings. The van der Waals surface area contributed by atoms with Gasteiger partial charge in [0.05, 0.1) is 11.0 Å². The molecule has 3 heterocycles. The summed E-state index contributed by atoms with van der Waals surface area (Å²) in [5.41, 5.74) is 3.10. The fourth-order valence-corrected chi connectivity index (χ4v) is 3.51. The maximum atomic E-state index is 12.3. The second kappa shape index (κ2) is 7.15. The SMILES string of the molecule is Cc1cnc(/C=C/C(=O)N2CCC(Cc3nc4ccccc4[nH]3)CC2)[nH]1. The highest BCUT2D eigenvalue weighted by Gasteiger charge is 2.22. The van der Waals surface area contributed by atoms with Crippen LogP contribution >= 0.6 is 0 Å². The molecule has 4 rings (SSSR count). The van der Waals surface area contributed by atoms with Crippen LogP contribution in [0.25, 0.3) is 17.1 Å². The number of aromatic amines is 2. The van der Waals surface area contributed by atoms with Gasteiger partial charge in [-0.3, -0.25) is 4.79 Å². The number of para-hydroxylation sites is 2. The number of carbonyl (C=O) groups is 1. The van der Waals surface area contributed by atoms with E-state index in [1.165, 1.54) is 0 Å². The van der Waals surface area contributed by atoms with Crippen molar-refractivity contribution in [2.45, 2.75) is 26.2 Å². The number of hydrogen-bond donors (Lipinski definition) is 2. The standard InChI is InChI=1S/C20H23N5O/c1-14-13-21-18(22-14)6-7-20(26)25-10-8-15(9-11-25)12-19-23-16-4-2-3-5-17(16)24-19/h2-7,13,15H,8-12H2,1H3,(H,21,22)(H,23,24)/b7-6+. The molecule has 1 aliphatic heterocycles. The second-order valence-corrected chi connectivity index (χ2v) is 6.96. The third-order valence-corrected chi connectivity index (χ3v) is 4.95. The smallest absolute Gasteiger partial charge is 0.246 e. The Hall–Kier alpha value is -2.89. The number of amides is 1. The Labute approximate surface area is 152 Å². The molecule has 3 aromatic rings. The zero-order chi connectivity index (χ0) is 17.9. The van der Waals surface area contributed by atoms with Gasteiger partial charge in [-0.15, -0.1) is 0 Å². The summed E-state index contributed by atoms with van der Waals surface area (Å²) in [4.78, 5) is 29.6. The average Bonchev–Trinajstić information content (AvgIpc) is 3.25. The van der Waals surface area contributed by atoms with Crippen molar-refractivity contribution in [1.29, 1.82) is 0 Å². The van der Waals surface area contributed by atoms with Gasteiger partial charge in [-0.1, -0.05) is 12.1 Å². The fourth-order valence-electron chi connectivity index (χ4n) is 3.51. The molecular weight excluding hydrogens is 326 g/mol. The third kappa shape index (κ3) is 3.69. The van der Waals surface area contributed by atoms with Crippen molar-refractivity contribution in [3.63, 3.8) is 0 Å². The van der Waals surface area contributed by atoms with Crippen molar-refractivity contribution in [3.05, 3.63) is 53.9 Å². The molecule has 134 valence electrons. The molecule has 0 bridgehead atoms. The molecule has 1 saturated heterocycles. The molecule has 0 radical (unpaired) electrons. The first-order chi connectivity index (χ1) is 12.7. The predicted molar refractivity (Wildman–Crippen MR) is 101 cm³/mol. The van der Waals surface area contributed by atoms with Gasteiger partial charge >= 0.3 is 0 Å². The van der Waals surface area contributed by atoms with Crippen LogP contribution in [0.4, 0.5) is 0 Å². The van der Waals surface area contributed by atoms with Crippen molar-refractivity contribution in [2.24, 2.45) is 5.92 Å². The zero-order valence-corrected chi connectivity index (χ0v) is 14.9. The van der Waals surface area contributed by atoms with Crippen LogP contribution in [0.5, 0.6) is 0 Å². The summed E-state index contributed by atoms with van der Waals surface area (Å²) in [6.07, 6.45) is 8.08. The molecule has 0 saturated carbocycles. The van der Waals surface area contributed by atoms with E-state index in [9.17, 15) is 4.79 Å². The summed E-state index contributed by atoms with van der Waals surface area (Å²) in [6.45, 7) is 3.54. The van der Waals surface area contributed by atoms with Crippen molar-refractivity contribution in [2.75, 3.05) is 13.1 Å². The highest BCUT2D eigenvalue weighted by Crippen LogP contribution is 2.22. The van der Waals surface area contributed by atoms with E-state index < -0.39 is 0 Å². The first-order valence-electron chi connectivity index (χ1n) is 9.09. The molecule has 6 heteroatoms. The van der Waals surface area contributed by atoms with Crippen LogP contribution in [0.15, 0.2) is 36.5 Å². The van der Waals surface area contributed by atoms with E-state index in [1.54, 1.807) is 18.3 Å². The quantitative estimate of drug-likeness (QED) is 0.711. The minimum Gasteiger partial charge on any atom is -0.343 e. The Balaban J connectivity index is 1.30. The van der Waals surface area contributed by atoms with Crippen molar-refractivity contribution >= 4 is 23.0 Å². The summed E-state index contributed by atoms with van der Waals surface area (Å²) >= 11 is 0. The normalized spacial score (nSPS) is 16.0. The number of fused-ring (bicyclic) bond motifs is 1. The molecule has 0 unspecified atom stereocenters. The molecule has 0 atom stereocenters. The monoisotopic (exact) mass is 349 g/mol. The lowest BCUT2D eigenvalue weighted by Gasteiger charge is -2.31. The van der Waals surface area contributed by atoms with Gasteiger partial charge < -0.3 is 14.9 Å². The highest BCUT2D eigenvalue weighted by atomic mass is 16.2. The molecular formula is C20H23N5O. The third-order valence-electron chi connectivity index (χ3n) is 4.95. The van der Waals surface area contributed by atoms with Gasteiger partial charge in [0, 0.05) is 37.5 Å². The topological polar surface area (TPSA) is 77.7 Å². The molecule has 1 aromatic carbocycles. The lowest BCUT2D eigenvalue weighted by molar-refractivity contribution is -0.127. The number of nitrogens with one attached hydrogen (secondary N) is 2. The largest absolute Gasteiger partial charge is 0.343 e. The Morgan fingerprint density at radius 3 is 2.81 bits per heavy atom. The summed E-state index contributed by atoms with van der Waals surface area (Å²) in [7, 11) is 0. The van der Waals surface area contributed by atoms with Crippen molar-refractivity contribution in [3.8, 4) is 0 Å². The number of benzene rings is 1. The number of hydrogen-bond acceptors (Lipinski definition) is 3. The fraction of sp³-hybridized carbons (Fsp3) is 0.350. The van der Waals surface area contributed by atoms with Gasteiger partial charge in [-0.05, 0) is 43.9 Å². The Bertz CT molecular complexity index is 897. The molecule has 6 nitrogen and oxygen atoms in total. The van der Waals surface area contributed by atoms with Gasteiger partial charge in [0.1, 0.15) is 11.6 Å². The number of nitrogens with zero attached hydrogens (tertiary/aromatic N) is 3. The van der Waals surface area contributed by atoms with Crippen LogP contribution < -0.4 is 0 Å². The van der Waals surface area contributed by atoms with E-state index in [0.29, 0.717) is 5.92 Å². The summed E-state index contributed by atoms with van der Waals surface area (Å²) in [6, 6.07) is 8.12. The number of likely N-dealkylation sites (tertiary alicyclic amines) is 1. The first-order valence-corrected chi connectivity index (χ1v) is 9.09. The molecule has 1 amide bonds. The summed E-state index contributed by atoms with van der Waals surface area (Å²) < 4.78 is 0. The summed E-state index contributed by atoms with van der Waals surface area (Å²) in [5.74, 6) is 2.39. The van der Waals surface area contributed by atoms with Gasteiger partial charge in [0.25, 0.3) is 0 Å². The number of aromatic nitrogens is 4. The van der Waals surface area contributed by atoms with Gasteiger partial charge in [-0.25, -0.2) is 9.97 Å². The average molecular weight is 349 g/mol. The van der Waals surface area contributed by atoms with Crippen LogP contribution in [0.2, 0.25) is 0 Å². The number of rotatable bonds is 4. The lowest BCUT2D eigenvalue weighted by atomic mass is 9.93. The minimum absolute atomic E-state index is 0.0567. The van der Waals surface area contributed by atoms with E-state index >= 15 is 0 Å². The minimum atomic E-state index is 0.0567. The maximum absolute atomic E-state index is 12.3. The number of aryl methyl sites for hydroxylation is 1. The predicted octanol–water partition coefficient (Wildman–Crippen LogP) is 3.09. The zero-order valence-electron chi connectivity index (χ0n) is 14.9. The Morgan fingerprint density at radius 2 is 2.08 bits per heavy atom. The molecule has 2 N–H and O–H groups in total. The van der Waals surface area contributed by atoms with Gasteiger partial charge in [0.15, 0.2) is 0 Å². The first kappa shape index (κ1) is 16.6. The maximum Gasteiger partial charge on any atom is 0.246 e. The number of imidazole rings is 2. The van der Waals surface area contributed by atoms with Crippen LogP contribution in [-0.4, -0.2) is 43.8 Å². The van der Waals surface area contributed by atoms with Crippen molar-refractivity contribution in [1.82, 2.24) is 24.8 Å². The molecule has 0 aliphatic carbocycles. The molecule has 1 fully saturated rings. The Morgan fingerprint density at radius 1 is 1.27 bits per heavy atom. The molecule has 2 aromatic heterocycles.